The third-order valence-electron chi connectivity index (χ3n) is 3.47. The molecule has 0 atom stereocenters. The molecule has 0 spiro atoms. The Kier molecular flexibility index (Phi) is 5.63. The standard InChI is InChI=1S/C18H18N4OS/c23-17(21-12-14-4-3-8-19-11-14)10-16-13-24-18(22-16)7-6-15-5-1-2-9-20-15/h1-5,8-9,11,13H,6-7,10,12H2,(H,21,23). The van der Waals surface area contributed by atoms with E-state index < -0.39 is 0 Å². The van der Waals surface area contributed by atoms with Crippen LogP contribution >= 0.6 is 11.3 Å². The molecule has 24 heavy (non-hydrogen) atoms. The minimum absolute atomic E-state index is 0.0274. The molecule has 0 aromatic carbocycles. The van der Waals surface area contributed by atoms with Gasteiger partial charge in [-0.3, -0.25) is 14.8 Å². The predicted octanol–water partition coefficient (Wildman–Crippen LogP) is 2.58. The quantitative estimate of drug-likeness (QED) is 0.719. The second kappa shape index (κ2) is 8.31. The van der Waals surface area contributed by atoms with Crippen molar-refractivity contribution >= 4 is 17.2 Å². The number of hydrogen-bond donors (Lipinski definition) is 1. The van der Waals surface area contributed by atoms with Gasteiger partial charge in [-0.25, -0.2) is 4.98 Å². The molecule has 1 N–H and O–H groups in total. The van der Waals surface area contributed by atoms with E-state index in [0.717, 1.165) is 34.8 Å². The number of rotatable bonds is 7. The Morgan fingerprint density at radius 1 is 1.08 bits per heavy atom. The monoisotopic (exact) mass is 338 g/mol. The van der Waals surface area contributed by atoms with E-state index in [0.29, 0.717) is 13.0 Å². The molecule has 3 aromatic heterocycles. The normalized spacial score (nSPS) is 10.5. The van der Waals surface area contributed by atoms with Gasteiger partial charge < -0.3 is 5.32 Å². The van der Waals surface area contributed by atoms with Gasteiger partial charge in [0.15, 0.2) is 0 Å². The average molecular weight is 338 g/mol. The predicted molar refractivity (Wildman–Crippen MR) is 93.5 cm³/mol. The second-order valence-electron chi connectivity index (χ2n) is 5.37. The van der Waals surface area contributed by atoms with Crippen molar-refractivity contribution in [3.63, 3.8) is 0 Å². The van der Waals surface area contributed by atoms with Gasteiger partial charge >= 0.3 is 0 Å². The molecule has 0 aliphatic rings. The number of aromatic nitrogens is 3. The van der Waals surface area contributed by atoms with Gasteiger partial charge in [-0.15, -0.1) is 11.3 Å². The van der Waals surface area contributed by atoms with Crippen molar-refractivity contribution in [2.45, 2.75) is 25.8 Å². The summed E-state index contributed by atoms with van der Waals surface area (Å²) in [6, 6.07) is 9.71. The fourth-order valence-corrected chi connectivity index (χ4v) is 3.05. The lowest BCUT2D eigenvalue weighted by Gasteiger charge is -2.03. The summed E-state index contributed by atoms with van der Waals surface area (Å²) in [4.78, 5) is 24.9. The number of amides is 1. The number of carbonyl (C=O) groups excluding carboxylic acids is 1. The molecular weight excluding hydrogens is 320 g/mol. The Bertz CT molecular complexity index is 774. The van der Waals surface area contributed by atoms with Gasteiger partial charge in [0.1, 0.15) is 0 Å². The van der Waals surface area contributed by atoms with Gasteiger partial charge in [0.2, 0.25) is 5.91 Å². The summed E-state index contributed by atoms with van der Waals surface area (Å²) in [5, 5.41) is 5.88. The zero-order chi connectivity index (χ0) is 16.6. The van der Waals surface area contributed by atoms with Crippen LogP contribution in [-0.4, -0.2) is 20.9 Å². The minimum atomic E-state index is -0.0274. The zero-order valence-electron chi connectivity index (χ0n) is 13.2. The van der Waals surface area contributed by atoms with Crippen LogP contribution in [0.3, 0.4) is 0 Å². The van der Waals surface area contributed by atoms with Crippen LogP contribution in [0.4, 0.5) is 0 Å². The molecule has 0 aliphatic heterocycles. The fourth-order valence-electron chi connectivity index (χ4n) is 2.26. The maximum atomic E-state index is 12.0. The molecule has 0 saturated heterocycles. The first-order valence-electron chi connectivity index (χ1n) is 7.78. The van der Waals surface area contributed by atoms with E-state index in [-0.39, 0.29) is 5.91 Å². The lowest BCUT2D eigenvalue weighted by molar-refractivity contribution is -0.120. The highest BCUT2D eigenvalue weighted by Crippen LogP contribution is 2.13. The number of aryl methyl sites for hydroxylation is 2. The molecule has 0 aliphatic carbocycles. The first-order chi connectivity index (χ1) is 11.8. The lowest BCUT2D eigenvalue weighted by atomic mass is 10.2. The van der Waals surface area contributed by atoms with Crippen LogP contribution in [-0.2, 0) is 30.6 Å². The molecule has 5 nitrogen and oxygen atoms in total. The molecule has 0 radical (unpaired) electrons. The number of nitrogens with zero attached hydrogens (tertiary/aromatic N) is 3. The number of nitrogens with one attached hydrogen (secondary N) is 1. The SMILES string of the molecule is O=C(Cc1csc(CCc2ccccn2)n1)NCc1cccnc1. The van der Waals surface area contributed by atoms with Crippen LogP contribution in [0.25, 0.3) is 0 Å². The summed E-state index contributed by atoms with van der Waals surface area (Å²) < 4.78 is 0. The molecule has 3 rings (SSSR count). The van der Waals surface area contributed by atoms with Gasteiger partial charge in [0, 0.05) is 42.6 Å². The Hall–Kier alpha value is -2.60. The van der Waals surface area contributed by atoms with E-state index in [2.05, 4.69) is 20.3 Å². The summed E-state index contributed by atoms with van der Waals surface area (Å²) in [7, 11) is 0. The zero-order valence-corrected chi connectivity index (χ0v) is 14.0. The van der Waals surface area contributed by atoms with Crippen molar-refractivity contribution in [2.24, 2.45) is 0 Å². The molecule has 0 bridgehead atoms. The second-order valence-corrected chi connectivity index (χ2v) is 6.31. The van der Waals surface area contributed by atoms with Crippen LogP contribution in [0.5, 0.6) is 0 Å². The summed E-state index contributed by atoms with van der Waals surface area (Å²) >= 11 is 1.60. The van der Waals surface area contributed by atoms with Crippen molar-refractivity contribution in [1.82, 2.24) is 20.3 Å². The highest BCUT2D eigenvalue weighted by Gasteiger charge is 2.08. The Morgan fingerprint density at radius 3 is 2.83 bits per heavy atom. The van der Waals surface area contributed by atoms with Crippen molar-refractivity contribution < 1.29 is 4.79 Å². The van der Waals surface area contributed by atoms with E-state index in [4.69, 9.17) is 0 Å². The van der Waals surface area contributed by atoms with Gasteiger partial charge in [-0.2, -0.15) is 0 Å². The molecule has 0 unspecified atom stereocenters. The third-order valence-corrected chi connectivity index (χ3v) is 4.43. The Labute approximate surface area is 144 Å². The van der Waals surface area contributed by atoms with Crippen LogP contribution in [0, 0.1) is 0 Å². The molecular formula is C18H18N4OS. The van der Waals surface area contributed by atoms with E-state index in [1.807, 2.05) is 35.7 Å². The van der Waals surface area contributed by atoms with Gasteiger partial charge in [0.25, 0.3) is 0 Å². The molecule has 3 aromatic rings. The van der Waals surface area contributed by atoms with Crippen molar-refractivity contribution in [2.75, 3.05) is 0 Å². The maximum Gasteiger partial charge on any atom is 0.226 e. The smallest absolute Gasteiger partial charge is 0.226 e. The van der Waals surface area contributed by atoms with Crippen molar-refractivity contribution in [3.8, 4) is 0 Å². The lowest BCUT2D eigenvalue weighted by Crippen LogP contribution is -2.24. The average Bonchev–Trinajstić information content (AvgIpc) is 3.07. The van der Waals surface area contributed by atoms with Crippen LogP contribution in [0.1, 0.15) is 22.0 Å². The van der Waals surface area contributed by atoms with E-state index in [1.54, 1.807) is 29.9 Å². The fraction of sp³-hybridized carbons (Fsp3) is 0.222. The largest absolute Gasteiger partial charge is 0.352 e. The number of carbonyl (C=O) groups is 1. The molecule has 0 saturated carbocycles. The number of thiazole rings is 1. The number of hydrogen-bond acceptors (Lipinski definition) is 5. The molecule has 6 heteroatoms. The highest BCUT2D eigenvalue weighted by atomic mass is 32.1. The first kappa shape index (κ1) is 16.3. The van der Waals surface area contributed by atoms with Gasteiger partial charge in [-0.1, -0.05) is 12.1 Å². The molecule has 1 amide bonds. The Balaban J connectivity index is 1.46. The number of pyridine rings is 2. The van der Waals surface area contributed by atoms with Gasteiger partial charge in [-0.05, 0) is 30.2 Å². The van der Waals surface area contributed by atoms with Crippen LogP contribution in [0.15, 0.2) is 54.3 Å². The molecule has 122 valence electrons. The summed E-state index contributed by atoms with van der Waals surface area (Å²) in [6.45, 7) is 0.489. The maximum absolute atomic E-state index is 12.0. The minimum Gasteiger partial charge on any atom is -0.352 e. The van der Waals surface area contributed by atoms with E-state index >= 15 is 0 Å². The summed E-state index contributed by atoms with van der Waals surface area (Å²) in [5.74, 6) is -0.0274. The third kappa shape index (κ3) is 4.96. The highest BCUT2D eigenvalue weighted by molar-refractivity contribution is 7.09. The van der Waals surface area contributed by atoms with Gasteiger partial charge in [0.05, 0.1) is 17.1 Å². The topological polar surface area (TPSA) is 67.8 Å². The van der Waals surface area contributed by atoms with E-state index in [1.165, 1.54) is 0 Å². The van der Waals surface area contributed by atoms with Crippen molar-refractivity contribution in [3.05, 3.63) is 76.3 Å². The first-order valence-corrected chi connectivity index (χ1v) is 8.66. The molecule has 0 fully saturated rings. The summed E-state index contributed by atoms with van der Waals surface area (Å²) in [5.41, 5.74) is 2.86. The molecule has 3 heterocycles. The van der Waals surface area contributed by atoms with Crippen LogP contribution in [0.2, 0.25) is 0 Å². The Morgan fingerprint density at radius 2 is 2.04 bits per heavy atom. The summed E-state index contributed by atoms with van der Waals surface area (Å²) in [6.07, 6.45) is 7.28. The van der Waals surface area contributed by atoms with E-state index in [9.17, 15) is 4.79 Å². The van der Waals surface area contributed by atoms with Crippen LogP contribution < -0.4 is 5.32 Å². The van der Waals surface area contributed by atoms with Crippen molar-refractivity contribution in [1.29, 1.82) is 0 Å².